The molecule has 8 heteroatoms. The van der Waals surface area contributed by atoms with Gasteiger partial charge in [-0.2, -0.15) is 4.98 Å². The average molecular weight is 343 g/mol. The lowest BCUT2D eigenvalue weighted by atomic mass is 10.2. The Hall–Kier alpha value is -3.42. The van der Waals surface area contributed by atoms with Crippen LogP contribution in [-0.2, 0) is 14.3 Å². The first-order chi connectivity index (χ1) is 12.0. The number of nitrogens with zero attached hydrogens (tertiary/aromatic N) is 1. The number of hydrogen-bond acceptors (Lipinski definition) is 6. The fourth-order valence-electron chi connectivity index (χ4n) is 2.12. The Morgan fingerprint density at radius 3 is 2.80 bits per heavy atom. The van der Waals surface area contributed by atoms with Gasteiger partial charge in [-0.3, -0.25) is 9.59 Å². The maximum Gasteiger partial charge on any atom is 0.303 e. The van der Waals surface area contributed by atoms with E-state index in [4.69, 9.17) is 4.42 Å². The lowest BCUT2D eigenvalue weighted by Gasteiger charge is -2.07. The van der Waals surface area contributed by atoms with E-state index in [9.17, 15) is 14.0 Å². The molecule has 0 bridgehead atoms. The summed E-state index contributed by atoms with van der Waals surface area (Å²) in [5.41, 5.74) is 1.96. The molecule has 7 nitrogen and oxygen atoms in total. The van der Waals surface area contributed by atoms with Crippen molar-refractivity contribution in [2.45, 2.75) is 6.92 Å². The van der Waals surface area contributed by atoms with Gasteiger partial charge in [-0.1, -0.05) is 6.07 Å². The van der Waals surface area contributed by atoms with E-state index >= 15 is 0 Å². The molecule has 0 radical (unpaired) electrons. The summed E-state index contributed by atoms with van der Waals surface area (Å²) in [5.74, 6) is -1.38. The standard InChI is InChI=1S/C17H14FN3O4/c1-10(22)24-9-16(23)19-12-3-2-4-13(8-12)20-17-21-14-7-11(18)5-6-15(14)25-17/h2-8H,9H2,1H3,(H,19,23)(H,20,21). The second-order valence-corrected chi connectivity index (χ2v) is 5.17. The van der Waals surface area contributed by atoms with Crippen LogP contribution >= 0.6 is 0 Å². The van der Waals surface area contributed by atoms with Crippen LogP contribution in [0.3, 0.4) is 0 Å². The van der Waals surface area contributed by atoms with Crippen LogP contribution < -0.4 is 10.6 Å². The van der Waals surface area contributed by atoms with E-state index in [-0.39, 0.29) is 12.6 Å². The SMILES string of the molecule is CC(=O)OCC(=O)Nc1cccc(Nc2nc3cc(F)ccc3o2)c1. The molecule has 25 heavy (non-hydrogen) atoms. The van der Waals surface area contributed by atoms with Crippen LogP contribution in [0.4, 0.5) is 21.8 Å². The lowest BCUT2D eigenvalue weighted by molar-refractivity contribution is -0.144. The Morgan fingerprint density at radius 1 is 1.20 bits per heavy atom. The minimum atomic E-state index is -0.530. The summed E-state index contributed by atoms with van der Waals surface area (Å²) in [4.78, 5) is 26.5. The molecule has 1 aromatic heterocycles. The number of carbonyl (C=O) groups excluding carboxylic acids is 2. The number of oxazole rings is 1. The Labute approximate surface area is 141 Å². The molecule has 3 rings (SSSR count). The highest BCUT2D eigenvalue weighted by Gasteiger charge is 2.08. The number of aromatic nitrogens is 1. The molecule has 0 saturated heterocycles. The maximum atomic E-state index is 13.2. The van der Waals surface area contributed by atoms with Gasteiger partial charge in [0.15, 0.2) is 12.2 Å². The molecule has 0 aliphatic carbocycles. The smallest absolute Gasteiger partial charge is 0.303 e. The van der Waals surface area contributed by atoms with Crippen molar-refractivity contribution in [1.82, 2.24) is 4.98 Å². The third-order valence-corrected chi connectivity index (χ3v) is 3.15. The number of amides is 1. The van der Waals surface area contributed by atoms with Crippen molar-refractivity contribution in [3.63, 3.8) is 0 Å². The number of esters is 1. The van der Waals surface area contributed by atoms with E-state index in [1.54, 1.807) is 24.3 Å². The highest BCUT2D eigenvalue weighted by atomic mass is 19.1. The van der Waals surface area contributed by atoms with Gasteiger partial charge in [-0.05, 0) is 30.3 Å². The fourth-order valence-corrected chi connectivity index (χ4v) is 2.12. The molecule has 0 spiro atoms. The molecule has 2 N–H and O–H groups in total. The molecule has 0 saturated carbocycles. The molecular weight excluding hydrogens is 329 g/mol. The van der Waals surface area contributed by atoms with Crippen LogP contribution in [0.5, 0.6) is 0 Å². The largest absolute Gasteiger partial charge is 0.456 e. The number of nitrogens with one attached hydrogen (secondary N) is 2. The van der Waals surface area contributed by atoms with Crippen LogP contribution in [0.15, 0.2) is 46.9 Å². The minimum absolute atomic E-state index is 0.198. The summed E-state index contributed by atoms with van der Waals surface area (Å²) in [6, 6.07) is 11.0. The van der Waals surface area contributed by atoms with Gasteiger partial charge in [0.1, 0.15) is 11.3 Å². The van der Waals surface area contributed by atoms with Crippen LogP contribution in [0.1, 0.15) is 6.92 Å². The van der Waals surface area contributed by atoms with Crippen molar-refractivity contribution < 1.29 is 23.1 Å². The molecule has 0 aliphatic heterocycles. The molecular formula is C17H14FN3O4. The predicted octanol–water partition coefficient (Wildman–Crippen LogP) is 3.21. The highest BCUT2D eigenvalue weighted by Crippen LogP contribution is 2.24. The van der Waals surface area contributed by atoms with Crippen LogP contribution in [-0.4, -0.2) is 23.5 Å². The van der Waals surface area contributed by atoms with Crippen LogP contribution in [0, 0.1) is 5.82 Å². The minimum Gasteiger partial charge on any atom is -0.456 e. The van der Waals surface area contributed by atoms with Gasteiger partial charge in [0, 0.05) is 24.4 Å². The van der Waals surface area contributed by atoms with Crippen molar-refractivity contribution in [3.8, 4) is 0 Å². The number of carbonyl (C=O) groups is 2. The number of ether oxygens (including phenoxy) is 1. The number of benzene rings is 2. The van der Waals surface area contributed by atoms with E-state index in [1.165, 1.54) is 25.1 Å². The molecule has 3 aromatic rings. The Morgan fingerprint density at radius 2 is 2.00 bits per heavy atom. The molecule has 0 atom stereocenters. The third-order valence-electron chi connectivity index (χ3n) is 3.15. The highest BCUT2D eigenvalue weighted by molar-refractivity contribution is 5.93. The van der Waals surface area contributed by atoms with E-state index in [0.717, 1.165) is 0 Å². The summed E-state index contributed by atoms with van der Waals surface area (Å²) in [6.07, 6.45) is 0. The van der Waals surface area contributed by atoms with Gasteiger partial charge in [0.25, 0.3) is 11.9 Å². The average Bonchev–Trinajstić information content (AvgIpc) is 2.94. The first kappa shape index (κ1) is 16.4. The summed E-state index contributed by atoms with van der Waals surface area (Å²) in [5, 5.41) is 5.54. The number of halogens is 1. The number of hydrogen-bond donors (Lipinski definition) is 2. The van der Waals surface area contributed by atoms with Crippen molar-refractivity contribution in [1.29, 1.82) is 0 Å². The first-order valence-corrected chi connectivity index (χ1v) is 7.36. The second-order valence-electron chi connectivity index (χ2n) is 5.17. The third kappa shape index (κ3) is 4.31. The molecule has 1 heterocycles. The number of fused-ring (bicyclic) bond motifs is 1. The summed E-state index contributed by atoms with van der Waals surface area (Å²) >= 11 is 0. The summed E-state index contributed by atoms with van der Waals surface area (Å²) in [7, 11) is 0. The number of anilines is 3. The zero-order valence-electron chi connectivity index (χ0n) is 13.2. The maximum absolute atomic E-state index is 13.2. The zero-order chi connectivity index (χ0) is 17.8. The van der Waals surface area contributed by atoms with Crippen molar-refractivity contribution in [3.05, 3.63) is 48.3 Å². The Balaban J connectivity index is 1.70. The van der Waals surface area contributed by atoms with Gasteiger partial charge in [-0.25, -0.2) is 4.39 Å². The van der Waals surface area contributed by atoms with E-state index < -0.39 is 17.7 Å². The van der Waals surface area contributed by atoms with Crippen molar-refractivity contribution in [2.24, 2.45) is 0 Å². The van der Waals surface area contributed by atoms with E-state index in [2.05, 4.69) is 20.4 Å². The normalized spacial score (nSPS) is 10.5. The molecule has 0 unspecified atom stereocenters. The van der Waals surface area contributed by atoms with Gasteiger partial charge in [0.05, 0.1) is 0 Å². The summed E-state index contributed by atoms with van der Waals surface area (Å²) in [6.45, 7) is 0.869. The van der Waals surface area contributed by atoms with Crippen LogP contribution in [0.2, 0.25) is 0 Å². The first-order valence-electron chi connectivity index (χ1n) is 7.36. The molecule has 1 amide bonds. The van der Waals surface area contributed by atoms with Crippen LogP contribution in [0.25, 0.3) is 11.1 Å². The zero-order valence-corrected chi connectivity index (χ0v) is 13.2. The van der Waals surface area contributed by atoms with E-state index in [0.29, 0.717) is 22.5 Å². The molecule has 128 valence electrons. The fraction of sp³-hybridized carbons (Fsp3) is 0.118. The Kier molecular flexibility index (Phi) is 4.60. The topological polar surface area (TPSA) is 93.5 Å². The predicted molar refractivity (Wildman–Crippen MR) is 89.0 cm³/mol. The quantitative estimate of drug-likeness (QED) is 0.691. The number of rotatable bonds is 5. The van der Waals surface area contributed by atoms with Crippen molar-refractivity contribution >= 4 is 40.4 Å². The molecule has 2 aromatic carbocycles. The second kappa shape index (κ2) is 7.00. The molecule has 0 aliphatic rings. The van der Waals surface area contributed by atoms with Gasteiger partial charge < -0.3 is 19.8 Å². The van der Waals surface area contributed by atoms with Gasteiger partial charge in [0.2, 0.25) is 0 Å². The van der Waals surface area contributed by atoms with Gasteiger partial charge in [-0.15, -0.1) is 0 Å². The van der Waals surface area contributed by atoms with Gasteiger partial charge >= 0.3 is 5.97 Å². The monoisotopic (exact) mass is 343 g/mol. The molecule has 0 fully saturated rings. The Bertz CT molecular complexity index is 939. The van der Waals surface area contributed by atoms with Crippen molar-refractivity contribution in [2.75, 3.05) is 17.2 Å². The lowest BCUT2D eigenvalue weighted by Crippen LogP contribution is -2.19. The van der Waals surface area contributed by atoms with E-state index in [1.807, 2.05) is 0 Å². The summed E-state index contributed by atoms with van der Waals surface area (Å²) < 4.78 is 23.3.